The van der Waals surface area contributed by atoms with E-state index in [2.05, 4.69) is 101 Å². The maximum Gasteiger partial charge on any atom is 0.201 e. The fourth-order valence-electron chi connectivity index (χ4n) is 3.96. The number of hydrogen-bond acceptors (Lipinski definition) is 3. The smallest absolute Gasteiger partial charge is 0.201 e. The van der Waals surface area contributed by atoms with Gasteiger partial charge in [0.25, 0.3) is 0 Å². The molecule has 0 rings (SSSR count). The summed E-state index contributed by atoms with van der Waals surface area (Å²) in [4.78, 5) is 11.6. The molecule has 3 nitrogen and oxygen atoms in total. The van der Waals surface area contributed by atoms with E-state index in [0.717, 1.165) is 11.9 Å². The molecule has 0 aliphatic carbocycles. The Kier molecular flexibility index (Phi) is 11.7. The first kappa shape index (κ1) is 29.5. The average Bonchev–Trinajstić information content (AvgIpc) is 2.59. The van der Waals surface area contributed by atoms with Gasteiger partial charge < -0.3 is 13.6 Å². The van der Waals surface area contributed by atoms with Gasteiger partial charge in [0.15, 0.2) is 8.32 Å². The monoisotopic (exact) mass is 454 g/mol. The van der Waals surface area contributed by atoms with Gasteiger partial charge in [0.2, 0.25) is 8.32 Å². The molecule has 176 valence electrons. The summed E-state index contributed by atoms with van der Waals surface area (Å²) in [6, 6.07) is 0. The second kappa shape index (κ2) is 11.9. The van der Waals surface area contributed by atoms with E-state index in [1.165, 1.54) is 0 Å². The van der Waals surface area contributed by atoms with Crippen molar-refractivity contribution in [3.63, 3.8) is 0 Å². The SMILES string of the molecule is CC(/C=C/[C@H](O[Si](C(C)C)(C(C)C)C(C)C)[C@@H](C)C=O)=C\CO[Si](C)(C)C(C)(C)C. The Balaban J connectivity index is 5.53. The molecule has 0 unspecified atom stereocenters. The van der Waals surface area contributed by atoms with E-state index >= 15 is 0 Å². The highest BCUT2D eigenvalue weighted by atomic mass is 28.4. The van der Waals surface area contributed by atoms with Gasteiger partial charge in [-0.15, -0.1) is 0 Å². The molecule has 0 saturated carbocycles. The maximum atomic E-state index is 11.6. The first-order valence-electron chi connectivity index (χ1n) is 11.6. The zero-order chi connectivity index (χ0) is 23.9. The third kappa shape index (κ3) is 7.88. The van der Waals surface area contributed by atoms with Crippen molar-refractivity contribution in [2.24, 2.45) is 5.92 Å². The lowest BCUT2D eigenvalue weighted by molar-refractivity contribution is -0.112. The van der Waals surface area contributed by atoms with Gasteiger partial charge in [-0.3, -0.25) is 0 Å². The Morgan fingerprint density at radius 1 is 0.933 bits per heavy atom. The van der Waals surface area contributed by atoms with Crippen LogP contribution in [0.25, 0.3) is 0 Å². The number of carbonyl (C=O) groups excluding carboxylic acids is 1. The first-order chi connectivity index (χ1) is 13.5. The second-order valence-electron chi connectivity index (χ2n) is 11.3. The van der Waals surface area contributed by atoms with Gasteiger partial charge in [-0.1, -0.05) is 93.0 Å². The van der Waals surface area contributed by atoms with Crippen molar-refractivity contribution in [1.29, 1.82) is 0 Å². The van der Waals surface area contributed by atoms with Crippen molar-refractivity contribution in [2.75, 3.05) is 6.61 Å². The van der Waals surface area contributed by atoms with Gasteiger partial charge in [-0.25, -0.2) is 0 Å². The van der Waals surface area contributed by atoms with Crippen LogP contribution in [-0.2, 0) is 13.6 Å². The van der Waals surface area contributed by atoms with Gasteiger partial charge in [-0.05, 0) is 41.7 Å². The highest BCUT2D eigenvalue weighted by Gasteiger charge is 2.46. The summed E-state index contributed by atoms with van der Waals surface area (Å²) in [6.07, 6.45) is 7.16. The van der Waals surface area contributed by atoms with E-state index < -0.39 is 16.6 Å². The molecule has 0 aromatic carbocycles. The first-order valence-corrected chi connectivity index (χ1v) is 16.7. The zero-order valence-corrected chi connectivity index (χ0v) is 24.1. The summed E-state index contributed by atoms with van der Waals surface area (Å²) in [5.41, 5.74) is 2.61. The largest absolute Gasteiger partial charge is 0.413 e. The standard InChI is InChI=1S/C25H50O3Si2/c1-19(2)30(20(3)4,21(5)6)28-24(23(8)18-26)15-14-22(7)16-17-27-29(12,13)25(9,10)11/h14-16,18-21,23-24H,17H2,1-13H3/b15-14+,22-16+/t23-,24-/m0/s1. The van der Waals surface area contributed by atoms with Gasteiger partial charge in [0.1, 0.15) is 6.29 Å². The van der Waals surface area contributed by atoms with E-state index in [-0.39, 0.29) is 17.1 Å². The molecule has 0 bridgehead atoms. The Bertz CT molecular complexity index is 562. The molecule has 30 heavy (non-hydrogen) atoms. The highest BCUT2D eigenvalue weighted by molar-refractivity contribution is 6.77. The summed E-state index contributed by atoms with van der Waals surface area (Å²) in [5.74, 6) is -0.166. The van der Waals surface area contributed by atoms with Crippen LogP contribution in [0.15, 0.2) is 23.8 Å². The predicted octanol–water partition coefficient (Wildman–Crippen LogP) is 7.91. The van der Waals surface area contributed by atoms with Crippen molar-refractivity contribution in [3.8, 4) is 0 Å². The van der Waals surface area contributed by atoms with E-state index in [1.807, 2.05) is 6.92 Å². The highest BCUT2D eigenvalue weighted by Crippen LogP contribution is 2.43. The number of rotatable bonds is 12. The summed E-state index contributed by atoms with van der Waals surface area (Å²) >= 11 is 0. The number of aldehydes is 1. The molecule has 5 heteroatoms. The molecule has 0 aromatic rings. The molecule has 0 amide bonds. The fraction of sp³-hybridized carbons (Fsp3) is 0.800. The molecule has 0 radical (unpaired) electrons. The molecule has 0 fully saturated rings. The Labute approximate surface area is 190 Å². The summed E-state index contributed by atoms with van der Waals surface area (Å²) in [6.45, 7) is 29.7. The van der Waals surface area contributed by atoms with E-state index in [4.69, 9.17) is 8.85 Å². The summed E-state index contributed by atoms with van der Waals surface area (Å²) in [5, 5.41) is 0.210. The third-order valence-corrected chi connectivity index (χ3v) is 17.6. The van der Waals surface area contributed by atoms with Crippen LogP contribution >= 0.6 is 0 Å². The molecule has 0 aromatic heterocycles. The molecule has 2 atom stereocenters. The van der Waals surface area contributed by atoms with E-state index in [1.54, 1.807) is 0 Å². The Morgan fingerprint density at radius 3 is 1.77 bits per heavy atom. The van der Waals surface area contributed by atoms with Crippen LogP contribution in [0.2, 0.25) is 34.8 Å². The topological polar surface area (TPSA) is 35.5 Å². The summed E-state index contributed by atoms with van der Waals surface area (Å²) in [7, 11) is -3.81. The van der Waals surface area contributed by atoms with Crippen LogP contribution in [0, 0.1) is 5.92 Å². The molecule has 0 N–H and O–H groups in total. The van der Waals surface area contributed by atoms with Crippen LogP contribution in [0.3, 0.4) is 0 Å². The van der Waals surface area contributed by atoms with Crippen LogP contribution in [0.1, 0.15) is 76.2 Å². The quantitative estimate of drug-likeness (QED) is 0.171. The Hall–Kier alpha value is -0.496. The van der Waals surface area contributed by atoms with Crippen LogP contribution in [0.5, 0.6) is 0 Å². The third-order valence-electron chi connectivity index (χ3n) is 6.98. The number of allylic oxidation sites excluding steroid dienone is 2. The van der Waals surface area contributed by atoms with Gasteiger partial charge in [-0.2, -0.15) is 0 Å². The van der Waals surface area contributed by atoms with Gasteiger partial charge in [0.05, 0.1) is 12.7 Å². The predicted molar refractivity (Wildman–Crippen MR) is 137 cm³/mol. The lowest BCUT2D eigenvalue weighted by Gasteiger charge is -2.44. The lowest BCUT2D eigenvalue weighted by atomic mass is 10.1. The van der Waals surface area contributed by atoms with Crippen molar-refractivity contribution < 1.29 is 13.6 Å². The van der Waals surface area contributed by atoms with Crippen molar-refractivity contribution in [3.05, 3.63) is 23.8 Å². The van der Waals surface area contributed by atoms with Gasteiger partial charge >= 0.3 is 0 Å². The molecular weight excluding hydrogens is 404 g/mol. The second-order valence-corrected chi connectivity index (χ2v) is 21.5. The maximum absolute atomic E-state index is 11.6. The minimum atomic E-state index is -2.06. The Morgan fingerprint density at radius 2 is 1.40 bits per heavy atom. The number of hydrogen-bond donors (Lipinski definition) is 0. The average molecular weight is 455 g/mol. The van der Waals surface area contributed by atoms with Gasteiger partial charge in [0, 0.05) is 5.92 Å². The minimum Gasteiger partial charge on any atom is -0.413 e. The van der Waals surface area contributed by atoms with E-state index in [0.29, 0.717) is 23.2 Å². The minimum absolute atomic E-state index is 0.166. The molecule has 0 aliphatic rings. The molecule has 0 saturated heterocycles. The molecule has 0 heterocycles. The molecule has 0 aliphatic heterocycles. The van der Waals surface area contributed by atoms with Crippen LogP contribution in [0.4, 0.5) is 0 Å². The molecular formula is C25H50O3Si2. The van der Waals surface area contributed by atoms with Crippen molar-refractivity contribution >= 4 is 22.9 Å². The zero-order valence-electron chi connectivity index (χ0n) is 22.1. The van der Waals surface area contributed by atoms with E-state index in [9.17, 15) is 4.79 Å². The van der Waals surface area contributed by atoms with Crippen LogP contribution in [-0.4, -0.2) is 35.6 Å². The van der Waals surface area contributed by atoms with Crippen LogP contribution < -0.4 is 0 Å². The van der Waals surface area contributed by atoms with Crippen molar-refractivity contribution in [1.82, 2.24) is 0 Å². The fourth-order valence-corrected chi connectivity index (χ4v) is 10.5. The van der Waals surface area contributed by atoms with Crippen molar-refractivity contribution in [2.45, 2.75) is 117 Å². The lowest BCUT2D eigenvalue weighted by Crippen LogP contribution is -2.51. The number of carbonyl (C=O) groups is 1. The normalized spacial score (nSPS) is 16.7. The summed E-state index contributed by atoms with van der Waals surface area (Å²) < 4.78 is 13.2. The molecule has 0 spiro atoms.